The van der Waals surface area contributed by atoms with Crippen molar-refractivity contribution in [3.05, 3.63) is 30.2 Å². The molecule has 0 aliphatic carbocycles. The Bertz CT molecular complexity index is 568. The van der Waals surface area contributed by atoms with E-state index in [2.05, 4.69) is 20.2 Å². The highest BCUT2D eigenvalue weighted by atomic mass is 16.4. The molecule has 2 aromatic heterocycles. The Kier molecular flexibility index (Phi) is 4.03. The van der Waals surface area contributed by atoms with Gasteiger partial charge in [-0.2, -0.15) is 0 Å². The maximum absolute atomic E-state index is 10.8. The molecule has 1 aliphatic rings. The lowest BCUT2D eigenvalue weighted by atomic mass is 9.92. The molecule has 7 nitrogen and oxygen atoms in total. The molecule has 0 aromatic carbocycles. The van der Waals surface area contributed by atoms with Gasteiger partial charge in [-0.25, -0.2) is 9.67 Å². The van der Waals surface area contributed by atoms with Crippen LogP contribution in [0.4, 0.5) is 0 Å². The monoisotopic (exact) mass is 291 g/mol. The molecule has 1 aliphatic heterocycles. The third kappa shape index (κ3) is 3.48. The van der Waals surface area contributed by atoms with Crippen LogP contribution in [0, 0.1) is 0 Å². The molecule has 0 radical (unpaired) electrons. The Balaban J connectivity index is 1.62. The molecule has 0 saturated carbocycles. The average Bonchev–Trinajstić information content (AvgIpc) is 3.10. The van der Waals surface area contributed by atoms with Crippen LogP contribution in [-0.4, -0.2) is 48.7 Å². The Morgan fingerprint density at radius 2 is 2.38 bits per heavy atom. The fraction of sp³-hybridized carbons (Fsp3) is 0.643. The van der Waals surface area contributed by atoms with Crippen LogP contribution in [0.25, 0.3) is 0 Å². The molecule has 3 rings (SSSR count). The van der Waals surface area contributed by atoms with Crippen LogP contribution < -0.4 is 0 Å². The number of oxazole rings is 1. The fourth-order valence-corrected chi connectivity index (χ4v) is 2.89. The Labute approximate surface area is 123 Å². The van der Waals surface area contributed by atoms with Gasteiger partial charge in [0.15, 0.2) is 5.89 Å². The first-order valence-electron chi connectivity index (χ1n) is 7.39. The smallest absolute Gasteiger partial charge is 0.194 e. The number of hydrogen-bond acceptors (Lipinski definition) is 6. The number of β-amino-alcohol motifs (C(OH)–C–C–N with tert-alkyl or cyclic N) is 1. The van der Waals surface area contributed by atoms with Gasteiger partial charge in [-0.05, 0) is 19.4 Å². The van der Waals surface area contributed by atoms with E-state index >= 15 is 0 Å². The number of rotatable bonds is 5. The van der Waals surface area contributed by atoms with Crippen molar-refractivity contribution in [3.63, 3.8) is 0 Å². The predicted octanol–water partition coefficient (Wildman–Crippen LogP) is 0.856. The topological polar surface area (TPSA) is 80.2 Å². The summed E-state index contributed by atoms with van der Waals surface area (Å²) >= 11 is 0. The first kappa shape index (κ1) is 14.2. The van der Waals surface area contributed by atoms with Crippen molar-refractivity contribution >= 4 is 0 Å². The number of aryl methyl sites for hydroxylation is 1. The SMILES string of the molecule is CCc1ncc(CN2CCCC(O)(Cn3ccnn3)C2)o1. The molecule has 2 aromatic rings. The van der Waals surface area contributed by atoms with Gasteiger partial charge in [-0.1, -0.05) is 12.1 Å². The highest BCUT2D eigenvalue weighted by Gasteiger charge is 2.34. The minimum absolute atomic E-state index is 0.472. The summed E-state index contributed by atoms with van der Waals surface area (Å²) in [6, 6.07) is 0. The van der Waals surface area contributed by atoms with Crippen molar-refractivity contribution in [3.8, 4) is 0 Å². The molecule has 0 bridgehead atoms. The van der Waals surface area contributed by atoms with E-state index in [9.17, 15) is 5.11 Å². The van der Waals surface area contributed by atoms with Crippen LogP contribution in [0.3, 0.4) is 0 Å². The summed E-state index contributed by atoms with van der Waals surface area (Å²) < 4.78 is 7.34. The lowest BCUT2D eigenvalue weighted by Crippen LogP contribution is -2.50. The molecule has 1 atom stereocenters. The summed E-state index contributed by atoms with van der Waals surface area (Å²) in [5.41, 5.74) is -0.764. The van der Waals surface area contributed by atoms with Gasteiger partial charge < -0.3 is 9.52 Å². The first-order valence-corrected chi connectivity index (χ1v) is 7.39. The Hall–Kier alpha value is -1.73. The quantitative estimate of drug-likeness (QED) is 0.880. The maximum atomic E-state index is 10.8. The zero-order chi connectivity index (χ0) is 14.7. The molecule has 3 heterocycles. The largest absolute Gasteiger partial charge is 0.444 e. The molecule has 1 unspecified atom stereocenters. The highest BCUT2D eigenvalue weighted by molar-refractivity contribution is 4.96. The van der Waals surface area contributed by atoms with Crippen LogP contribution in [-0.2, 0) is 19.5 Å². The minimum Gasteiger partial charge on any atom is -0.444 e. The van der Waals surface area contributed by atoms with E-state index in [0.717, 1.165) is 37.5 Å². The van der Waals surface area contributed by atoms with Gasteiger partial charge in [0.1, 0.15) is 5.76 Å². The number of piperidine rings is 1. The van der Waals surface area contributed by atoms with Crippen LogP contribution in [0.15, 0.2) is 23.0 Å². The van der Waals surface area contributed by atoms with Gasteiger partial charge in [-0.3, -0.25) is 4.90 Å². The number of hydrogen-bond donors (Lipinski definition) is 1. The van der Waals surface area contributed by atoms with Crippen LogP contribution in [0.1, 0.15) is 31.4 Å². The third-order valence-corrected chi connectivity index (χ3v) is 3.85. The summed E-state index contributed by atoms with van der Waals surface area (Å²) in [6.45, 7) is 4.75. The summed E-state index contributed by atoms with van der Waals surface area (Å²) in [4.78, 5) is 6.43. The number of likely N-dealkylation sites (tertiary alicyclic amines) is 1. The van der Waals surface area contributed by atoms with Crippen molar-refractivity contribution < 1.29 is 9.52 Å². The lowest BCUT2D eigenvalue weighted by molar-refractivity contribution is -0.0492. The lowest BCUT2D eigenvalue weighted by Gasteiger charge is -2.38. The van der Waals surface area contributed by atoms with Crippen molar-refractivity contribution in [2.75, 3.05) is 13.1 Å². The third-order valence-electron chi connectivity index (χ3n) is 3.85. The predicted molar refractivity (Wildman–Crippen MR) is 75.4 cm³/mol. The maximum Gasteiger partial charge on any atom is 0.194 e. The number of aromatic nitrogens is 4. The molecule has 7 heteroatoms. The molecule has 114 valence electrons. The summed E-state index contributed by atoms with van der Waals surface area (Å²) in [6.07, 6.45) is 7.73. The zero-order valence-corrected chi connectivity index (χ0v) is 12.3. The molecule has 21 heavy (non-hydrogen) atoms. The molecule has 1 N–H and O–H groups in total. The fourth-order valence-electron chi connectivity index (χ4n) is 2.89. The molecular formula is C14H21N5O2. The van der Waals surface area contributed by atoms with E-state index in [-0.39, 0.29) is 0 Å². The van der Waals surface area contributed by atoms with Gasteiger partial charge in [0, 0.05) is 19.2 Å². The van der Waals surface area contributed by atoms with E-state index < -0.39 is 5.60 Å². The van der Waals surface area contributed by atoms with Crippen molar-refractivity contribution in [1.82, 2.24) is 24.9 Å². The van der Waals surface area contributed by atoms with Gasteiger partial charge in [0.05, 0.1) is 31.1 Å². The second-order valence-corrected chi connectivity index (χ2v) is 5.71. The second kappa shape index (κ2) is 5.95. The molecule has 0 spiro atoms. The zero-order valence-electron chi connectivity index (χ0n) is 12.3. The van der Waals surface area contributed by atoms with Gasteiger partial charge in [0.2, 0.25) is 0 Å². The van der Waals surface area contributed by atoms with E-state index in [1.54, 1.807) is 23.3 Å². The van der Waals surface area contributed by atoms with Crippen LogP contribution in [0.2, 0.25) is 0 Å². The Morgan fingerprint density at radius 1 is 1.48 bits per heavy atom. The van der Waals surface area contributed by atoms with Gasteiger partial charge in [0.25, 0.3) is 0 Å². The second-order valence-electron chi connectivity index (χ2n) is 5.71. The van der Waals surface area contributed by atoms with Gasteiger partial charge in [-0.15, -0.1) is 5.10 Å². The van der Waals surface area contributed by atoms with Gasteiger partial charge >= 0.3 is 0 Å². The van der Waals surface area contributed by atoms with Crippen molar-refractivity contribution in [1.29, 1.82) is 0 Å². The minimum atomic E-state index is -0.764. The highest BCUT2D eigenvalue weighted by Crippen LogP contribution is 2.24. The summed E-state index contributed by atoms with van der Waals surface area (Å²) in [5, 5.41) is 18.5. The normalized spacial score (nSPS) is 23.5. The Morgan fingerprint density at radius 3 is 3.10 bits per heavy atom. The standard InChI is InChI=1S/C14H21N5O2/c1-2-13-15-8-12(21-13)9-18-6-3-4-14(20,10-18)11-19-7-5-16-17-19/h5,7-8,20H,2-4,6,9-11H2,1H3. The molecular weight excluding hydrogens is 270 g/mol. The number of aliphatic hydroxyl groups is 1. The number of nitrogens with zero attached hydrogens (tertiary/aromatic N) is 5. The first-order chi connectivity index (χ1) is 10.2. The van der Waals surface area contributed by atoms with E-state index in [0.29, 0.717) is 19.6 Å². The molecule has 1 saturated heterocycles. The summed E-state index contributed by atoms with van der Waals surface area (Å²) in [5.74, 6) is 1.62. The van der Waals surface area contributed by atoms with E-state index in [4.69, 9.17) is 4.42 Å². The summed E-state index contributed by atoms with van der Waals surface area (Å²) in [7, 11) is 0. The molecule has 0 amide bonds. The van der Waals surface area contributed by atoms with Crippen molar-refractivity contribution in [2.24, 2.45) is 0 Å². The van der Waals surface area contributed by atoms with Crippen molar-refractivity contribution in [2.45, 2.75) is 44.9 Å². The van der Waals surface area contributed by atoms with Crippen LogP contribution in [0.5, 0.6) is 0 Å². The molecule has 1 fully saturated rings. The average molecular weight is 291 g/mol. The van der Waals surface area contributed by atoms with E-state index in [1.165, 1.54) is 0 Å². The van der Waals surface area contributed by atoms with E-state index in [1.807, 2.05) is 6.92 Å². The van der Waals surface area contributed by atoms with Crippen LogP contribution >= 0.6 is 0 Å².